The molecule has 0 spiro atoms. The summed E-state index contributed by atoms with van der Waals surface area (Å²) in [5, 5.41) is 7.09. The van der Waals surface area contributed by atoms with E-state index in [-0.39, 0.29) is 5.41 Å². The molecule has 0 aliphatic heterocycles. The third-order valence-corrected chi connectivity index (χ3v) is 11.5. The zero-order valence-electron chi connectivity index (χ0n) is 30.0. The summed E-state index contributed by atoms with van der Waals surface area (Å²) in [6.07, 6.45) is 0. The van der Waals surface area contributed by atoms with Gasteiger partial charge in [0, 0.05) is 32.9 Å². The molecule has 0 amide bonds. The fourth-order valence-corrected chi connectivity index (χ4v) is 9.06. The lowest BCUT2D eigenvalue weighted by Crippen LogP contribution is -2.17. The van der Waals surface area contributed by atoms with Crippen molar-refractivity contribution in [2.24, 2.45) is 0 Å². The normalized spacial score (nSPS) is 13.1. The van der Waals surface area contributed by atoms with E-state index in [1.165, 1.54) is 49.5 Å². The van der Waals surface area contributed by atoms with E-state index in [9.17, 15) is 0 Å². The van der Waals surface area contributed by atoms with Gasteiger partial charge in [0.05, 0.1) is 11.4 Å². The van der Waals surface area contributed by atoms with Crippen molar-refractivity contribution in [1.29, 1.82) is 0 Å². The molecular formula is C51H34N2O. The minimum Gasteiger partial charge on any atom is -0.456 e. The van der Waals surface area contributed by atoms with Crippen LogP contribution in [0.15, 0.2) is 174 Å². The van der Waals surface area contributed by atoms with Gasteiger partial charge in [-0.2, -0.15) is 0 Å². The topological polar surface area (TPSA) is 38.9 Å². The van der Waals surface area contributed by atoms with Crippen LogP contribution in [-0.2, 0) is 5.41 Å². The van der Waals surface area contributed by atoms with E-state index in [1.807, 2.05) is 18.2 Å². The van der Waals surface area contributed by atoms with Crippen LogP contribution in [0.25, 0.3) is 99.6 Å². The molecule has 3 heteroatoms. The minimum absolute atomic E-state index is 0.189. The Labute approximate surface area is 313 Å². The summed E-state index contributed by atoms with van der Waals surface area (Å²) in [6, 6.07) is 60.5. The number of fused-ring (bicyclic) bond motifs is 9. The van der Waals surface area contributed by atoms with Crippen LogP contribution >= 0.6 is 0 Å². The van der Waals surface area contributed by atoms with Gasteiger partial charge in [0.1, 0.15) is 11.2 Å². The monoisotopic (exact) mass is 690 g/mol. The second-order valence-corrected chi connectivity index (χ2v) is 14.9. The van der Waals surface area contributed by atoms with Crippen LogP contribution in [-0.4, -0.2) is 9.97 Å². The highest BCUT2D eigenvalue weighted by molar-refractivity contribution is 6.08. The molecule has 0 radical (unpaired) electrons. The first kappa shape index (κ1) is 30.8. The summed E-state index contributed by atoms with van der Waals surface area (Å²) in [4.78, 5) is 10.6. The Kier molecular flexibility index (Phi) is 6.60. The van der Waals surface area contributed by atoms with Crippen molar-refractivity contribution < 1.29 is 4.42 Å². The predicted molar refractivity (Wildman–Crippen MR) is 224 cm³/mol. The molecule has 2 aromatic heterocycles. The molecule has 0 atom stereocenters. The highest BCUT2D eigenvalue weighted by Gasteiger charge is 2.39. The molecule has 0 bridgehead atoms. The van der Waals surface area contributed by atoms with Gasteiger partial charge in [-0.1, -0.05) is 147 Å². The predicted octanol–water partition coefficient (Wildman–Crippen LogP) is 13.7. The Hall–Kier alpha value is -6.84. The lowest BCUT2D eigenvalue weighted by atomic mass is 9.77. The standard InChI is InChI=1S/C51H34N2O/c1-51(2)48-34-16-7-6-13-31(34)23-25-41(48)40-21-12-20-39(49(40)51)37-26-27-42(36-18-9-8-17-35(36)37)50-52-44(32-14-4-3-5-15-32)30-45(53-50)33-24-28-47-43(29-33)38-19-10-11-22-46(38)54-47/h3-30H,1-2H3. The number of aromatic nitrogens is 2. The minimum atomic E-state index is -0.189. The summed E-state index contributed by atoms with van der Waals surface area (Å²) < 4.78 is 6.17. The van der Waals surface area contributed by atoms with Crippen molar-refractivity contribution in [2.45, 2.75) is 19.3 Å². The quantitative estimate of drug-likeness (QED) is 0.184. The Morgan fingerprint density at radius 2 is 0.981 bits per heavy atom. The SMILES string of the molecule is CC1(C)c2c(cccc2-c2ccc(-c3nc(-c4ccccc4)cc(-c4ccc5oc6ccccc6c5c4)n3)c3ccccc23)-c2ccc3ccccc3c21. The van der Waals surface area contributed by atoms with Crippen LogP contribution in [0.3, 0.4) is 0 Å². The lowest BCUT2D eigenvalue weighted by molar-refractivity contribution is 0.668. The molecule has 10 aromatic rings. The maximum Gasteiger partial charge on any atom is 0.161 e. The number of hydrogen-bond acceptors (Lipinski definition) is 3. The molecule has 254 valence electrons. The molecule has 3 nitrogen and oxygen atoms in total. The summed E-state index contributed by atoms with van der Waals surface area (Å²) in [7, 11) is 0. The van der Waals surface area contributed by atoms with Crippen LogP contribution in [0, 0.1) is 0 Å². The van der Waals surface area contributed by atoms with Gasteiger partial charge in [-0.25, -0.2) is 9.97 Å². The maximum atomic E-state index is 6.17. The number of benzene rings is 8. The summed E-state index contributed by atoms with van der Waals surface area (Å²) in [6.45, 7) is 4.77. The van der Waals surface area contributed by atoms with E-state index in [0.29, 0.717) is 5.82 Å². The van der Waals surface area contributed by atoms with Gasteiger partial charge in [-0.05, 0) is 91.3 Å². The van der Waals surface area contributed by atoms with Gasteiger partial charge < -0.3 is 4.42 Å². The van der Waals surface area contributed by atoms with Gasteiger partial charge in [-0.3, -0.25) is 0 Å². The largest absolute Gasteiger partial charge is 0.456 e. The van der Waals surface area contributed by atoms with Crippen LogP contribution < -0.4 is 0 Å². The van der Waals surface area contributed by atoms with Crippen LogP contribution in [0.2, 0.25) is 0 Å². The third-order valence-electron chi connectivity index (χ3n) is 11.5. The molecule has 1 aliphatic carbocycles. The molecule has 0 N–H and O–H groups in total. The fraction of sp³-hybridized carbons (Fsp3) is 0.0588. The van der Waals surface area contributed by atoms with E-state index in [2.05, 4.69) is 166 Å². The van der Waals surface area contributed by atoms with Gasteiger partial charge in [0.25, 0.3) is 0 Å². The van der Waals surface area contributed by atoms with E-state index in [0.717, 1.165) is 55.4 Å². The molecule has 11 rings (SSSR count). The molecule has 0 fully saturated rings. The van der Waals surface area contributed by atoms with E-state index in [1.54, 1.807) is 0 Å². The lowest BCUT2D eigenvalue weighted by Gasteiger charge is -2.26. The first-order valence-electron chi connectivity index (χ1n) is 18.6. The Balaban J connectivity index is 1.11. The molecule has 0 saturated heterocycles. The second kappa shape index (κ2) is 11.6. The van der Waals surface area contributed by atoms with Gasteiger partial charge in [-0.15, -0.1) is 0 Å². The van der Waals surface area contributed by atoms with E-state index < -0.39 is 0 Å². The first-order valence-corrected chi connectivity index (χ1v) is 18.6. The van der Waals surface area contributed by atoms with Crippen LogP contribution in [0.5, 0.6) is 0 Å². The number of rotatable bonds is 4. The summed E-state index contributed by atoms with van der Waals surface area (Å²) >= 11 is 0. The van der Waals surface area contributed by atoms with Crippen LogP contribution in [0.1, 0.15) is 25.0 Å². The molecular weight excluding hydrogens is 657 g/mol. The molecule has 0 unspecified atom stereocenters. The molecule has 8 aromatic carbocycles. The van der Waals surface area contributed by atoms with Crippen LogP contribution in [0.4, 0.5) is 0 Å². The zero-order valence-corrected chi connectivity index (χ0v) is 30.0. The molecule has 1 aliphatic rings. The van der Waals surface area contributed by atoms with Gasteiger partial charge in [0.2, 0.25) is 0 Å². The summed E-state index contributed by atoms with van der Waals surface area (Å²) in [5.41, 5.74) is 14.3. The maximum absolute atomic E-state index is 6.17. The molecule has 0 saturated carbocycles. The van der Waals surface area contributed by atoms with Gasteiger partial charge >= 0.3 is 0 Å². The van der Waals surface area contributed by atoms with E-state index >= 15 is 0 Å². The molecule has 2 heterocycles. The Morgan fingerprint density at radius 3 is 1.80 bits per heavy atom. The highest BCUT2D eigenvalue weighted by Crippen LogP contribution is 2.55. The van der Waals surface area contributed by atoms with Crippen molar-refractivity contribution >= 4 is 43.5 Å². The number of para-hydroxylation sites is 1. The second-order valence-electron chi connectivity index (χ2n) is 14.9. The number of nitrogens with zero attached hydrogens (tertiary/aromatic N) is 2. The zero-order chi connectivity index (χ0) is 36.0. The summed E-state index contributed by atoms with van der Waals surface area (Å²) in [5.74, 6) is 0.698. The average Bonchev–Trinajstić information content (AvgIpc) is 3.72. The van der Waals surface area contributed by atoms with Crippen molar-refractivity contribution in [1.82, 2.24) is 9.97 Å². The van der Waals surface area contributed by atoms with Crippen molar-refractivity contribution in [3.63, 3.8) is 0 Å². The fourth-order valence-electron chi connectivity index (χ4n) is 9.06. The average molecular weight is 691 g/mol. The van der Waals surface area contributed by atoms with Gasteiger partial charge in [0.15, 0.2) is 5.82 Å². The van der Waals surface area contributed by atoms with Crippen molar-refractivity contribution in [3.05, 3.63) is 181 Å². The van der Waals surface area contributed by atoms with Crippen molar-refractivity contribution in [2.75, 3.05) is 0 Å². The number of hydrogen-bond donors (Lipinski definition) is 0. The first-order chi connectivity index (χ1) is 26.5. The number of furan rings is 1. The smallest absolute Gasteiger partial charge is 0.161 e. The Bertz CT molecular complexity index is 3130. The van der Waals surface area contributed by atoms with Crippen molar-refractivity contribution in [3.8, 4) is 56.2 Å². The molecule has 54 heavy (non-hydrogen) atoms. The van der Waals surface area contributed by atoms with E-state index in [4.69, 9.17) is 14.4 Å². The highest BCUT2D eigenvalue weighted by atomic mass is 16.3. The Morgan fingerprint density at radius 1 is 0.389 bits per heavy atom. The third kappa shape index (κ3) is 4.55.